The summed E-state index contributed by atoms with van der Waals surface area (Å²) in [6.07, 6.45) is 1.35. The van der Waals surface area contributed by atoms with Crippen molar-refractivity contribution in [3.63, 3.8) is 0 Å². The normalized spacial score (nSPS) is 11.4. The van der Waals surface area contributed by atoms with Crippen molar-refractivity contribution in [3.05, 3.63) is 94.5 Å². The molecule has 0 bridgehead atoms. The lowest BCUT2D eigenvalue weighted by atomic mass is 9.85. The molecule has 0 aliphatic heterocycles. The fourth-order valence-corrected chi connectivity index (χ4v) is 3.19. The number of phenols is 1. The van der Waals surface area contributed by atoms with Crippen LogP contribution in [0.1, 0.15) is 23.6 Å². The molecule has 0 heterocycles. The van der Waals surface area contributed by atoms with Crippen molar-refractivity contribution in [1.29, 1.82) is 0 Å². The van der Waals surface area contributed by atoms with E-state index in [0.29, 0.717) is 23.3 Å². The topological polar surface area (TPSA) is 91.2 Å². The maximum atomic E-state index is 13.0. The zero-order chi connectivity index (χ0) is 21.6. The second-order valence-corrected chi connectivity index (χ2v) is 6.83. The summed E-state index contributed by atoms with van der Waals surface area (Å²) in [6.45, 7) is 2.13. The Kier molecular flexibility index (Phi) is 6.72. The first-order chi connectivity index (χ1) is 14.5. The monoisotopic (exact) mass is 424 g/mol. The summed E-state index contributed by atoms with van der Waals surface area (Å²) in [5.74, 6) is -0.670. The van der Waals surface area contributed by atoms with E-state index >= 15 is 0 Å². The van der Waals surface area contributed by atoms with Crippen LogP contribution in [0, 0.1) is 0 Å². The molecule has 0 radical (unpaired) electrons. The number of nitrogens with one attached hydrogen (secondary N) is 1. The summed E-state index contributed by atoms with van der Waals surface area (Å²) in [4.78, 5) is 13.0. The smallest absolute Gasteiger partial charge is 0.281 e. The highest BCUT2D eigenvalue weighted by atomic mass is 35.5. The summed E-state index contributed by atoms with van der Waals surface area (Å²) in [7, 11) is 0. The van der Waals surface area contributed by atoms with E-state index in [1.807, 2.05) is 0 Å². The molecule has 3 rings (SSSR count). The van der Waals surface area contributed by atoms with Crippen molar-refractivity contribution in [3.8, 4) is 11.5 Å². The van der Waals surface area contributed by atoms with Gasteiger partial charge in [-0.25, -0.2) is 5.43 Å². The molecule has 154 valence electrons. The van der Waals surface area contributed by atoms with Gasteiger partial charge in [-0.15, -0.1) is 0 Å². The number of amides is 1. The quantitative estimate of drug-likeness (QED) is 0.397. The fourth-order valence-electron chi connectivity index (χ4n) is 2.97. The number of halogens is 1. The van der Waals surface area contributed by atoms with Crippen molar-refractivity contribution < 1.29 is 19.7 Å². The molecule has 0 spiro atoms. The predicted molar refractivity (Wildman–Crippen MR) is 116 cm³/mol. The Morgan fingerprint density at radius 2 is 1.67 bits per heavy atom. The summed E-state index contributed by atoms with van der Waals surface area (Å²) in [6, 6.07) is 20.3. The molecule has 0 unspecified atom stereocenters. The van der Waals surface area contributed by atoms with Gasteiger partial charge in [-0.1, -0.05) is 72.3 Å². The van der Waals surface area contributed by atoms with Crippen LogP contribution in [0.3, 0.4) is 0 Å². The molecule has 0 atom stereocenters. The van der Waals surface area contributed by atoms with Crippen molar-refractivity contribution in [1.82, 2.24) is 5.43 Å². The molecule has 0 saturated heterocycles. The number of carbonyl (C=O) groups is 1. The Morgan fingerprint density at radius 3 is 2.20 bits per heavy atom. The van der Waals surface area contributed by atoms with Crippen molar-refractivity contribution in [2.45, 2.75) is 12.5 Å². The summed E-state index contributed by atoms with van der Waals surface area (Å²) in [5.41, 5.74) is 1.79. The summed E-state index contributed by atoms with van der Waals surface area (Å²) in [5, 5.41) is 25.3. The zero-order valence-corrected chi connectivity index (χ0v) is 17.0. The van der Waals surface area contributed by atoms with Gasteiger partial charge in [0.05, 0.1) is 17.8 Å². The fraction of sp³-hybridized carbons (Fsp3) is 0.130. The van der Waals surface area contributed by atoms with Gasteiger partial charge in [0.2, 0.25) is 0 Å². The van der Waals surface area contributed by atoms with Gasteiger partial charge in [-0.05, 0) is 35.7 Å². The molecule has 0 aromatic heterocycles. The van der Waals surface area contributed by atoms with Crippen LogP contribution < -0.4 is 10.2 Å². The van der Waals surface area contributed by atoms with Gasteiger partial charge < -0.3 is 14.9 Å². The van der Waals surface area contributed by atoms with Gasteiger partial charge in [-0.2, -0.15) is 5.10 Å². The number of ether oxygens (including phenoxy) is 1. The molecule has 0 fully saturated rings. The first-order valence-electron chi connectivity index (χ1n) is 9.29. The number of rotatable bonds is 7. The van der Waals surface area contributed by atoms with Crippen LogP contribution in [0.4, 0.5) is 0 Å². The predicted octanol–water partition coefficient (Wildman–Crippen LogP) is 3.83. The summed E-state index contributed by atoms with van der Waals surface area (Å²) < 4.78 is 5.33. The Hall–Kier alpha value is -3.35. The lowest BCUT2D eigenvalue weighted by Crippen LogP contribution is -2.43. The van der Waals surface area contributed by atoms with Gasteiger partial charge in [0, 0.05) is 0 Å². The van der Waals surface area contributed by atoms with Crippen molar-refractivity contribution in [2.75, 3.05) is 6.61 Å². The molecule has 1 amide bonds. The van der Waals surface area contributed by atoms with Crippen LogP contribution in [-0.2, 0) is 10.4 Å². The molecule has 30 heavy (non-hydrogen) atoms. The standard InChI is InChI=1S/C23H21ClN2O4/c1-2-30-20-14-16(13-19(24)21(20)27)15-25-26-22(28)23(29,17-9-5-3-6-10-17)18-11-7-4-8-12-18/h3-15,27,29H,2H2,1H3,(H,26,28)/b25-15-. The van der Waals surface area contributed by atoms with Gasteiger partial charge in [0.15, 0.2) is 17.1 Å². The minimum Gasteiger partial charge on any atom is -0.503 e. The molecule has 3 N–H and O–H groups in total. The first-order valence-corrected chi connectivity index (χ1v) is 9.66. The Morgan fingerprint density at radius 1 is 1.10 bits per heavy atom. The average Bonchev–Trinajstić information content (AvgIpc) is 2.77. The Labute approximate surface area is 179 Å². The van der Waals surface area contributed by atoms with Gasteiger partial charge >= 0.3 is 0 Å². The third-order valence-electron chi connectivity index (χ3n) is 4.44. The number of aromatic hydroxyl groups is 1. The SMILES string of the molecule is CCOc1cc(/C=N\NC(=O)C(O)(c2ccccc2)c2ccccc2)cc(Cl)c1O. The van der Waals surface area contributed by atoms with Gasteiger partial charge in [0.25, 0.3) is 5.91 Å². The van der Waals surface area contributed by atoms with Crippen LogP contribution in [0.5, 0.6) is 11.5 Å². The molecule has 0 aliphatic carbocycles. The number of carbonyl (C=O) groups excluding carboxylic acids is 1. The Balaban J connectivity index is 1.87. The van der Waals surface area contributed by atoms with Crippen LogP contribution >= 0.6 is 11.6 Å². The second-order valence-electron chi connectivity index (χ2n) is 6.42. The average molecular weight is 425 g/mol. The van der Waals surface area contributed by atoms with Gasteiger partial charge in [-0.3, -0.25) is 4.79 Å². The highest BCUT2D eigenvalue weighted by Gasteiger charge is 2.39. The maximum absolute atomic E-state index is 13.0. The number of hydrazone groups is 1. The molecular formula is C23H21ClN2O4. The highest BCUT2D eigenvalue weighted by Crippen LogP contribution is 2.35. The minimum atomic E-state index is -1.93. The van der Waals surface area contributed by atoms with E-state index in [1.165, 1.54) is 12.3 Å². The highest BCUT2D eigenvalue weighted by molar-refractivity contribution is 6.32. The van der Waals surface area contributed by atoms with E-state index in [4.69, 9.17) is 16.3 Å². The third-order valence-corrected chi connectivity index (χ3v) is 4.73. The molecular weight excluding hydrogens is 404 g/mol. The van der Waals surface area contributed by atoms with E-state index < -0.39 is 11.5 Å². The molecule has 7 heteroatoms. The molecule has 3 aromatic carbocycles. The van der Waals surface area contributed by atoms with Crippen molar-refractivity contribution in [2.24, 2.45) is 5.10 Å². The number of hydrogen-bond donors (Lipinski definition) is 3. The minimum absolute atomic E-state index is 0.0961. The largest absolute Gasteiger partial charge is 0.503 e. The van der Waals surface area contributed by atoms with E-state index in [2.05, 4.69) is 10.5 Å². The number of phenolic OH excluding ortho intramolecular Hbond substituents is 1. The zero-order valence-electron chi connectivity index (χ0n) is 16.2. The molecule has 0 aliphatic rings. The van der Waals surface area contributed by atoms with Crippen LogP contribution in [0.2, 0.25) is 5.02 Å². The number of hydrogen-bond acceptors (Lipinski definition) is 5. The second kappa shape index (κ2) is 9.43. The van der Waals surface area contributed by atoms with E-state index in [9.17, 15) is 15.0 Å². The third kappa shape index (κ3) is 4.45. The van der Waals surface area contributed by atoms with Gasteiger partial charge in [0.1, 0.15) is 0 Å². The van der Waals surface area contributed by atoms with E-state index in [1.54, 1.807) is 73.7 Å². The van der Waals surface area contributed by atoms with Crippen molar-refractivity contribution >= 4 is 23.7 Å². The lowest BCUT2D eigenvalue weighted by Gasteiger charge is -2.27. The van der Waals surface area contributed by atoms with E-state index in [-0.39, 0.29) is 16.5 Å². The first kappa shape index (κ1) is 21.4. The maximum Gasteiger partial charge on any atom is 0.281 e. The molecule has 3 aromatic rings. The number of nitrogens with zero attached hydrogens (tertiary/aromatic N) is 1. The van der Waals surface area contributed by atoms with E-state index in [0.717, 1.165) is 0 Å². The number of benzene rings is 3. The molecule has 6 nitrogen and oxygen atoms in total. The van der Waals surface area contributed by atoms with Crippen LogP contribution in [0.15, 0.2) is 77.9 Å². The molecule has 0 saturated carbocycles. The number of aliphatic hydroxyl groups is 1. The van der Waals surface area contributed by atoms with Crippen LogP contribution in [0.25, 0.3) is 0 Å². The van der Waals surface area contributed by atoms with Crippen LogP contribution in [-0.4, -0.2) is 28.9 Å². The summed E-state index contributed by atoms with van der Waals surface area (Å²) >= 11 is 6.01. The lowest BCUT2D eigenvalue weighted by molar-refractivity contribution is -0.136. The Bertz CT molecular complexity index is 1000.